The van der Waals surface area contributed by atoms with Gasteiger partial charge in [0.05, 0.1) is 20.8 Å². The fourth-order valence-corrected chi connectivity index (χ4v) is 3.45. The second-order valence-electron chi connectivity index (χ2n) is 7.37. The van der Waals surface area contributed by atoms with Crippen LogP contribution in [0, 0.1) is 12.3 Å². The molecule has 1 unspecified atom stereocenters. The van der Waals surface area contributed by atoms with Gasteiger partial charge in [-0.3, -0.25) is 0 Å². The van der Waals surface area contributed by atoms with Crippen molar-refractivity contribution in [3.63, 3.8) is 0 Å². The lowest BCUT2D eigenvalue weighted by Crippen LogP contribution is -2.37. The van der Waals surface area contributed by atoms with Gasteiger partial charge in [0.25, 0.3) is 0 Å². The summed E-state index contributed by atoms with van der Waals surface area (Å²) in [6.07, 6.45) is -1.33. The number of primary amides is 1. The third-order valence-corrected chi connectivity index (χ3v) is 4.88. The maximum Gasteiger partial charge on any atom is 0.405 e. The van der Waals surface area contributed by atoms with Crippen molar-refractivity contribution in [1.82, 2.24) is 0 Å². The van der Waals surface area contributed by atoms with E-state index < -0.39 is 17.6 Å². The average Bonchev–Trinajstić information content (AvgIpc) is 2.63. The molecule has 6 nitrogen and oxygen atoms in total. The van der Waals surface area contributed by atoms with Gasteiger partial charge < -0.3 is 24.7 Å². The molecule has 0 aliphatic carbocycles. The molecule has 0 fully saturated rings. The molecule has 0 saturated carbocycles. The van der Waals surface area contributed by atoms with Crippen molar-refractivity contribution in [2.45, 2.75) is 26.9 Å². The van der Waals surface area contributed by atoms with Crippen LogP contribution in [-0.2, 0) is 4.74 Å². The van der Waals surface area contributed by atoms with Gasteiger partial charge in [-0.1, -0.05) is 19.9 Å². The normalized spacial score (nSPS) is 17.4. The highest BCUT2D eigenvalue weighted by Crippen LogP contribution is 2.49. The lowest BCUT2D eigenvalue weighted by atomic mass is 9.80. The van der Waals surface area contributed by atoms with Gasteiger partial charge in [-0.2, -0.15) is 0 Å². The van der Waals surface area contributed by atoms with E-state index in [-0.39, 0.29) is 0 Å². The van der Waals surface area contributed by atoms with Crippen molar-refractivity contribution in [1.29, 1.82) is 0 Å². The summed E-state index contributed by atoms with van der Waals surface area (Å²) in [7, 11) is 3.26. The maximum atomic E-state index is 11.4. The van der Waals surface area contributed by atoms with Gasteiger partial charge in [-0.05, 0) is 42.3 Å². The molecule has 0 saturated heterocycles. The Morgan fingerprint density at radius 3 is 2.48 bits per heavy atom. The first-order valence-electron chi connectivity index (χ1n) is 8.72. The summed E-state index contributed by atoms with van der Waals surface area (Å²) in [4.78, 5) is 11.4. The van der Waals surface area contributed by atoms with Crippen LogP contribution in [0.1, 0.15) is 31.1 Å². The minimum Gasteiger partial charge on any atom is -0.497 e. The van der Waals surface area contributed by atoms with Crippen LogP contribution in [0.15, 0.2) is 30.3 Å². The first-order valence-corrected chi connectivity index (χ1v) is 8.72. The summed E-state index contributed by atoms with van der Waals surface area (Å²) in [6.45, 7) is 6.36. The Balaban J connectivity index is 2.14. The van der Waals surface area contributed by atoms with Crippen molar-refractivity contribution in [3.8, 4) is 28.4 Å². The molecule has 0 radical (unpaired) electrons. The third kappa shape index (κ3) is 3.52. The SMILES string of the molecule is COc1ccc(-c2cc3c(cc2OC)C(OC(N)=O)C(C)(C)CO3)c(C)c1. The van der Waals surface area contributed by atoms with Gasteiger partial charge >= 0.3 is 6.09 Å². The van der Waals surface area contributed by atoms with Crippen molar-refractivity contribution in [2.24, 2.45) is 11.1 Å². The van der Waals surface area contributed by atoms with E-state index in [4.69, 9.17) is 24.7 Å². The number of benzene rings is 2. The highest BCUT2D eigenvalue weighted by atomic mass is 16.6. The predicted molar refractivity (Wildman–Crippen MR) is 102 cm³/mol. The number of aryl methyl sites for hydroxylation is 1. The average molecular weight is 371 g/mol. The lowest BCUT2D eigenvalue weighted by molar-refractivity contribution is -0.0177. The first kappa shape index (κ1) is 18.9. The Labute approximate surface area is 159 Å². The third-order valence-electron chi connectivity index (χ3n) is 4.88. The number of fused-ring (bicyclic) bond motifs is 1. The van der Waals surface area contributed by atoms with Crippen LogP contribution in [0.4, 0.5) is 4.79 Å². The number of ether oxygens (including phenoxy) is 4. The smallest absolute Gasteiger partial charge is 0.405 e. The van der Waals surface area contributed by atoms with Crippen molar-refractivity contribution >= 4 is 6.09 Å². The van der Waals surface area contributed by atoms with Gasteiger partial charge in [0.1, 0.15) is 23.4 Å². The molecule has 1 aliphatic rings. The van der Waals surface area contributed by atoms with Gasteiger partial charge in [-0.25, -0.2) is 4.79 Å². The second kappa shape index (κ2) is 7.02. The Hall–Kier alpha value is -2.89. The summed E-state index contributed by atoms with van der Waals surface area (Å²) in [5.41, 5.74) is 8.59. The van der Waals surface area contributed by atoms with Gasteiger partial charge in [0.15, 0.2) is 0 Å². The molecular weight excluding hydrogens is 346 g/mol. The molecule has 1 atom stereocenters. The number of rotatable bonds is 4. The number of amides is 1. The van der Waals surface area contributed by atoms with Crippen molar-refractivity contribution in [2.75, 3.05) is 20.8 Å². The van der Waals surface area contributed by atoms with E-state index in [0.29, 0.717) is 18.1 Å². The fourth-order valence-electron chi connectivity index (χ4n) is 3.45. The molecule has 2 aromatic carbocycles. The summed E-state index contributed by atoms with van der Waals surface area (Å²) in [6, 6.07) is 9.66. The molecule has 0 spiro atoms. The molecule has 6 heteroatoms. The zero-order valence-electron chi connectivity index (χ0n) is 16.3. The predicted octanol–water partition coefficient (Wildman–Crippen LogP) is 4.23. The van der Waals surface area contributed by atoms with E-state index in [2.05, 4.69) is 0 Å². The zero-order chi connectivity index (χ0) is 19.8. The molecule has 1 heterocycles. The fraction of sp³-hybridized carbons (Fsp3) is 0.381. The summed E-state index contributed by atoms with van der Waals surface area (Å²) < 4.78 is 22.3. The van der Waals surface area contributed by atoms with Crippen LogP contribution in [-0.4, -0.2) is 26.9 Å². The number of hydrogen-bond donors (Lipinski definition) is 1. The molecule has 1 aliphatic heterocycles. The highest BCUT2D eigenvalue weighted by Gasteiger charge is 2.41. The van der Waals surface area contributed by atoms with E-state index in [0.717, 1.165) is 28.0 Å². The number of carbonyl (C=O) groups is 1. The maximum absolute atomic E-state index is 11.4. The van der Waals surface area contributed by atoms with E-state index in [1.807, 2.05) is 51.1 Å². The number of nitrogens with two attached hydrogens (primary N) is 1. The molecule has 144 valence electrons. The minimum atomic E-state index is -0.810. The Kier molecular flexibility index (Phi) is 4.91. The first-order chi connectivity index (χ1) is 12.8. The number of methoxy groups -OCH3 is 2. The second-order valence-corrected chi connectivity index (χ2v) is 7.37. The molecular formula is C21H25NO5. The largest absolute Gasteiger partial charge is 0.497 e. The lowest BCUT2D eigenvalue weighted by Gasteiger charge is -2.38. The Bertz CT molecular complexity index is 875. The monoisotopic (exact) mass is 371 g/mol. The molecule has 3 rings (SSSR count). The highest BCUT2D eigenvalue weighted by molar-refractivity contribution is 5.77. The quantitative estimate of drug-likeness (QED) is 0.870. The van der Waals surface area contributed by atoms with Crippen molar-refractivity contribution < 1.29 is 23.7 Å². The summed E-state index contributed by atoms with van der Waals surface area (Å²) >= 11 is 0. The summed E-state index contributed by atoms with van der Waals surface area (Å²) in [5.74, 6) is 2.12. The van der Waals surface area contributed by atoms with Gasteiger partial charge in [-0.15, -0.1) is 0 Å². The number of carbonyl (C=O) groups excluding carboxylic acids is 1. The minimum absolute atomic E-state index is 0.408. The van der Waals surface area contributed by atoms with E-state index in [9.17, 15) is 4.79 Å². The van der Waals surface area contributed by atoms with Gasteiger partial charge in [0.2, 0.25) is 0 Å². The molecule has 1 amide bonds. The van der Waals surface area contributed by atoms with Crippen LogP contribution in [0.5, 0.6) is 17.2 Å². The number of hydrogen-bond acceptors (Lipinski definition) is 5. The molecule has 2 aromatic rings. The Morgan fingerprint density at radius 2 is 1.89 bits per heavy atom. The summed E-state index contributed by atoms with van der Waals surface area (Å²) in [5, 5.41) is 0. The van der Waals surface area contributed by atoms with Crippen LogP contribution in [0.3, 0.4) is 0 Å². The van der Waals surface area contributed by atoms with Gasteiger partial charge in [0, 0.05) is 16.5 Å². The molecule has 27 heavy (non-hydrogen) atoms. The van der Waals surface area contributed by atoms with Crippen LogP contribution in [0.25, 0.3) is 11.1 Å². The topological polar surface area (TPSA) is 80.0 Å². The standard InChI is InChI=1S/C21H25NO5/c1-12-8-13(24-4)6-7-14(12)15-9-18-16(10-17(15)25-5)19(27-20(22)23)21(2,3)11-26-18/h6-10,19H,11H2,1-5H3,(H2,22,23). The van der Waals surface area contributed by atoms with Crippen molar-refractivity contribution in [3.05, 3.63) is 41.5 Å². The van der Waals surface area contributed by atoms with E-state index in [1.165, 1.54) is 0 Å². The van der Waals surface area contributed by atoms with Crippen LogP contribution in [0.2, 0.25) is 0 Å². The molecule has 2 N–H and O–H groups in total. The van der Waals surface area contributed by atoms with E-state index in [1.54, 1.807) is 14.2 Å². The van der Waals surface area contributed by atoms with E-state index >= 15 is 0 Å². The molecule has 0 bridgehead atoms. The zero-order valence-corrected chi connectivity index (χ0v) is 16.3. The molecule has 0 aromatic heterocycles. The Morgan fingerprint density at radius 1 is 1.15 bits per heavy atom. The van der Waals surface area contributed by atoms with Crippen LogP contribution >= 0.6 is 0 Å². The van der Waals surface area contributed by atoms with Crippen LogP contribution < -0.4 is 19.9 Å².